The molecule has 0 saturated heterocycles. The van der Waals surface area contributed by atoms with E-state index in [-0.39, 0.29) is 16.4 Å². The zero-order valence-electron chi connectivity index (χ0n) is 18.9. The lowest BCUT2D eigenvalue weighted by atomic mass is 9.78. The molecule has 0 radical (unpaired) electrons. The van der Waals surface area contributed by atoms with Crippen molar-refractivity contribution < 1.29 is 25.2 Å². The molecule has 174 valence electrons. The molecule has 0 saturated carbocycles. The highest BCUT2D eigenvalue weighted by Crippen LogP contribution is 2.40. The van der Waals surface area contributed by atoms with Crippen LogP contribution in [0.1, 0.15) is 44.2 Å². The van der Waals surface area contributed by atoms with Crippen LogP contribution in [0.2, 0.25) is 0 Å². The van der Waals surface area contributed by atoms with E-state index in [9.17, 15) is 16.8 Å². The third-order valence-corrected chi connectivity index (χ3v) is 8.70. The predicted molar refractivity (Wildman–Crippen MR) is 123 cm³/mol. The van der Waals surface area contributed by atoms with Crippen LogP contribution in [0, 0.1) is 19.8 Å². The monoisotopic (exact) mass is 478 g/mol. The fraction of sp³-hybridized carbons (Fsp3) is 0.417. The third kappa shape index (κ3) is 5.67. The molecule has 1 aliphatic carbocycles. The molecule has 2 unspecified atom stereocenters. The van der Waals surface area contributed by atoms with Crippen LogP contribution in [0.25, 0.3) is 0 Å². The second-order valence-corrected chi connectivity index (χ2v) is 11.8. The van der Waals surface area contributed by atoms with Gasteiger partial charge in [-0.05, 0) is 64.3 Å². The Kier molecular flexibility index (Phi) is 7.29. The molecule has 3 rings (SSSR count). The van der Waals surface area contributed by atoms with Crippen molar-refractivity contribution in [1.82, 2.24) is 0 Å². The van der Waals surface area contributed by atoms with Crippen LogP contribution in [0.5, 0.6) is 0 Å². The Balaban J connectivity index is 1.83. The normalized spacial score (nSPS) is 20.6. The Hall–Kier alpha value is -2.00. The van der Waals surface area contributed by atoms with Crippen molar-refractivity contribution in [1.29, 1.82) is 0 Å². The van der Waals surface area contributed by atoms with Crippen molar-refractivity contribution in [3.05, 3.63) is 71.3 Å². The standard InChI is InChI=1S/C24H30O6S2/c1-18-5-9-22(10-6-18)31(25,26)29-17-21(4)24(15-13-20(3)14-16-24)30-32(27,28)23-11-7-19(2)8-12-23/h5-13,21H,14-17H2,1-4H3. The second kappa shape index (κ2) is 9.47. The first-order valence-electron chi connectivity index (χ1n) is 10.6. The van der Waals surface area contributed by atoms with Crippen LogP contribution in [0.4, 0.5) is 0 Å². The largest absolute Gasteiger partial charge is 0.297 e. The van der Waals surface area contributed by atoms with Gasteiger partial charge in [0.15, 0.2) is 0 Å². The van der Waals surface area contributed by atoms with E-state index in [0.29, 0.717) is 19.3 Å². The average molecular weight is 479 g/mol. The van der Waals surface area contributed by atoms with E-state index in [0.717, 1.165) is 16.7 Å². The number of benzene rings is 2. The first-order chi connectivity index (χ1) is 14.9. The summed E-state index contributed by atoms with van der Waals surface area (Å²) >= 11 is 0. The molecule has 8 heteroatoms. The van der Waals surface area contributed by atoms with Crippen LogP contribution in [-0.4, -0.2) is 29.0 Å². The summed E-state index contributed by atoms with van der Waals surface area (Å²) in [6.45, 7) is 7.31. The van der Waals surface area contributed by atoms with Gasteiger partial charge in [0.2, 0.25) is 0 Å². The summed E-state index contributed by atoms with van der Waals surface area (Å²) in [5.41, 5.74) is 1.94. The minimum atomic E-state index is -4.04. The smallest absolute Gasteiger partial charge is 0.266 e. The lowest BCUT2D eigenvalue weighted by Crippen LogP contribution is -2.44. The van der Waals surface area contributed by atoms with Crippen LogP contribution in [0.15, 0.2) is 70.0 Å². The average Bonchev–Trinajstić information content (AvgIpc) is 2.74. The number of hydrogen-bond acceptors (Lipinski definition) is 6. The Labute approximate surface area is 191 Å². The van der Waals surface area contributed by atoms with Gasteiger partial charge in [0, 0.05) is 5.92 Å². The van der Waals surface area contributed by atoms with E-state index < -0.39 is 31.8 Å². The van der Waals surface area contributed by atoms with E-state index in [1.807, 2.05) is 26.8 Å². The molecular weight excluding hydrogens is 448 g/mol. The highest BCUT2D eigenvalue weighted by molar-refractivity contribution is 7.87. The molecule has 0 aromatic heterocycles. The molecule has 0 bridgehead atoms. The molecule has 0 aliphatic heterocycles. The van der Waals surface area contributed by atoms with Gasteiger partial charge in [0.25, 0.3) is 20.2 Å². The van der Waals surface area contributed by atoms with Gasteiger partial charge >= 0.3 is 0 Å². The van der Waals surface area contributed by atoms with Crippen LogP contribution >= 0.6 is 0 Å². The fourth-order valence-electron chi connectivity index (χ4n) is 3.65. The summed E-state index contributed by atoms with van der Waals surface area (Å²) in [6.07, 6.45) is 3.44. The molecule has 0 fully saturated rings. The van der Waals surface area contributed by atoms with E-state index >= 15 is 0 Å². The number of allylic oxidation sites excluding steroid dienone is 1. The highest BCUT2D eigenvalue weighted by atomic mass is 32.2. The second-order valence-electron chi connectivity index (χ2n) is 8.62. The lowest BCUT2D eigenvalue weighted by Gasteiger charge is -2.39. The summed E-state index contributed by atoms with van der Waals surface area (Å²) in [4.78, 5) is 0.145. The van der Waals surface area contributed by atoms with Crippen LogP contribution in [-0.2, 0) is 28.6 Å². The molecule has 6 nitrogen and oxygen atoms in total. The molecule has 0 spiro atoms. The first kappa shape index (κ1) is 24.6. The van der Waals surface area contributed by atoms with Gasteiger partial charge in [0.1, 0.15) is 0 Å². The SMILES string of the molecule is CC1=CCC(OS(=O)(=O)c2ccc(C)cc2)(C(C)COS(=O)(=O)c2ccc(C)cc2)CC1. The summed E-state index contributed by atoms with van der Waals surface area (Å²) in [5.74, 6) is -0.493. The number of aryl methyl sites for hydroxylation is 2. The van der Waals surface area contributed by atoms with Gasteiger partial charge in [-0.1, -0.05) is 54.0 Å². The molecule has 0 heterocycles. The topological polar surface area (TPSA) is 86.7 Å². The molecule has 0 amide bonds. The minimum absolute atomic E-state index is 0.0666. The molecule has 2 aromatic rings. The van der Waals surface area contributed by atoms with Crippen molar-refractivity contribution >= 4 is 20.2 Å². The van der Waals surface area contributed by atoms with Gasteiger partial charge < -0.3 is 0 Å². The minimum Gasteiger partial charge on any atom is -0.266 e. The van der Waals surface area contributed by atoms with Gasteiger partial charge in [-0.25, -0.2) is 0 Å². The molecular formula is C24H30O6S2. The quantitative estimate of drug-likeness (QED) is 0.395. The van der Waals surface area contributed by atoms with Crippen molar-refractivity contribution in [2.24, 2.45) is 5.92 Å². The lowest BCUT2D eigenvalue weighted by molar-refractivity contribution is -0.00598. The third-order valence-electron chi connectivity index (χ3n) is 6.00. The van der Waals surface area contributed by atoms with Crippen molar-refractivity contribution in [3.8, 4) is 0 Å². The van der Waals surface area contributed by atoms with Crippen molar-refractivity contribution in [2.75, 3.05) is 6.61 Å². The fourth-order valence-corrected chi connectivity index (χ4v) is 5.96. The molecule has 1 aliphatic rings. The van der Waals surface area contributed by atoms with Gasteiger partial charge in [-0.3, -0.25) is 8.37 Å². The summed E-state index contributed by atoms with van der Waals surface area (Å²) in [7, 11) is -8.01. The summed E-state index contributed by atoms with van der Waals surface area (Å²) in [5, 5.41) is 0. The maximum atomic E-state index is 13.1. The Morgan fingerprint density at radius 2 is 1.34 bits per heavy atom. The first-order valence-corrected chi connectivity index (χ1v) is 13.4. The maximum absolute atomic E-state index is 13.1. The van der Waals surface area contributed by atoms with E-state index in [2.05, 4.69) is 0 Å². The maximum Gasteiger partial charge on any atom is 0.297 e. The Morgan fingerprint density at radius 1 is 0.844 bits per heavy atom. The van der Waals surface area contributed by atoms with Crippen molar-refractivity contribution in [2.45, 2.75) is 62.3 Å². The van der Waals surface area contributed by atoms with Gasteiger partial charge in [-0.2, -0.15) is 16.8 Å². The van der Waals surface area contributed by atoms with Gasteiger partial charge in [0.05, 0.1) is 22.0 Å². The number of hydrogen-bond donors (Lipinski definition) is 0. The zero-order valence-corrected chi connectivity index (χ0v) is 20.5. The summed E-state index contributed by atoms with van der Waals surface area (Å²) < 4.78 is 62.6. The summed E-state index contributed by atoms with van der Waals surface area (Å²) in [6, 6.07) is 12.9. The Morgan fingerprint density at radius 3 is 1.81 bits per heavy atom. The highest BCUT2D eigenvalue weighted by Gasteiger charge is 2.43. The van der Waals surface area contributed by atoms with E-state index in [1.54, 1.807) is 31.2 Å². The van der Waals surface area contributed by atoms with Crippen LogP contribution < -0.4 is 0 Å². The van der Waals surface area contributed by atoms with Gasteiger partial charge in [-0.15, -0.1) is 0 Å². The van der Waals surface area contributed by atoms with Crippen molar-refractivity contribution in [3.63, 3.8) is 0 Å². The number of rotatable bonds is 8. The van der Waals surface area contributed by atoms with E-state index in [4.69, 9.17) is 8.37 Å². The van der Waals surface area contributed by atoms with E-state index in [1.165, 1.54) is 24.3 Å². The molecule has 32 heavy (non-hydrogen) atoms. The molecule has 2 atom stereocenters. The molecule has 2 aromatic carbocycles. The van der Waals surface area contributed by atoms with Crippen LogP contribution in [0.3, 0.4) is 0 Å². The Bertz CT molecular complexity index is 1180. The zero-order chi connectivity index (χ0) is 23.6. The predicted octanol–water partition coefficient (Wildman–Crippen LogP) is 4.92. The molecule has 0 N–H and O–H groups in total.